The number of benzene rings is 4. The van der Waals surface area contributed by atoms with E-state index in [2.05, 4.69) is 90.7 Å². The molecule has 8 bridgehead atoms. The van der Waals surface area contributed by atoms with E-state index in [0.717, 1.165) is 84.7 Å². The number of carbonyl (C=O) groups is 2. The molecule has 10 aliphatic rings. The maximum absolute atomic E-state index is 14.6. The van der Waals surface area contributed by atoms with E-state index in [1.54, 1.807) is 66.9 Å². The Labute approximate surface area is 597 Å². The molecule has 100 heavy (non-hydrogen) atoms. The van der Waals surface area contributed by atoms with Crippen LogP contribution >= 0.6 is 24.4 Å². The van der Waals surface area contributed by atoms with E-state index in [-0.39, 0.29) is 33.7 Å². The van der Waals surface area contributed by atoms with E-state index in [0.29, 0.717) is 142 Å². The third kappa shape index (κ3) is 13.4. The Morgan fingerprint density at radius 1 is 0.460 bits per heavy atom. The fraction of sp³-hybridized carbons (Fsp3) is 0.475. The van der Waals surface area contributed by atoms with Crippen molar-refractivity contribution in [3.8, 4) is 56.8 Å². The van der Waals surface area contributed by atoms with Gasteiger partial charge in [0.2, 0.25) is 34.2 Å². The minimum atomic E-state index is -0.446. The lowest BCUT2D eigenvalue weighted by Gasteiger charge is -2.61. The van der Waals surface area contributed by atoms with Crippen molar-refractivity contribution in [1.82, 2.24) is 31.3 Å². The molecule has 16 rings (SSSR count). The number of hydrogen-bond donors (Lipinski definition) is 6. The third-order valence-corrected chi connectivity index (χ3v) is 24.1. The average Bonchev–Trinajstić information content (AvgIpc) is 1.06. The first-order valence-corrected chi connectivity index (χ1v) is 36.6. The van der Waals surface area contributed by atoms with Crippen LogP contribution < -0.4 is 71.6 Å². The molecule has 0 unspecified atom stereocenters. The van der Waals surface area contributed by atoms with E-state index >= 15 is 0 Å². The van der Waals surface area contributed by atoms with Gasteiger partial charge in [-0.1, -0.05) is 60.7 Å². The van der Waals surface area contributed by atoms with Gasteiger partial charge in [0, 0.05) is 49.1 Å². The number of fused-ring (bicyclic) bond motifs is 6. The van der Waals surface area contributed by atoms with Crippen molar-refractivity contribution in [2.45, 2.75) is 166 Å². The number of carbonyl (C=O) groups excluding carboxylic acids is 2. The Balaban J connectivity index is 0.703. The number of methoxy groups -OCH3 is 6. The van der Waals surface area contributed by atoms with Gasteiger partial charge in [-0.05, 0) is 268 Å². The van der Waals surface area contributed by atoms with Crippen LogP contribution in [0.1, 0.15) is 160 Å². The average molecular weight is 1390 g/mol. The molecule has 526 valence electrons. The van der Waals surface area contributed by atoms with Crippen molar-refractivity contribution in [1.29, 1.82) is 0 Å². The Hall–Kier alpha value is -8.62. The molecule has 0 aliphatic heterocycles. The third-order valence-electron chi connectivity index (χ3n) is 23.5. The molecule has 20 heteroatoms. The van der Waals surface area contributed by atoms with Crippen LogP contribution in [0.3, 0.4) is 0 Å². The maximum Gasteiger partial charge on any atom is 0.217 e. The van der Waals surface area contributed by atoms with Gasteiger partial charge in [0.05, 0.1) is 54.7 Å². The summed E-state index contributed by atoms with van der Waals surface area (Å²) in [6, 6.07) is 31.7. The number of anilines is 2. The van der Waals surface area contributed by atoms with Crippen LogP contribution in [-0.2, 0) is 48.4 Å². The van der Waals surface area contributed by atoms with Gasteiger partial charge in [-0.25, -0.2) is 0 Å². The first-order chi connectivity index (χ1) is 48.4. The van der Waals surface area contributed by atoms with Gasteiger partial charge in [-0.2, -0.15) is 0 Å². The van der Waals surface area contributed by atoms with Crippen molar-refractivity contribution in [2.24, 2.45) is 35.5 Å². The molecule has 10 aliphatic carbocycles. The smallest absolute Gasteiger partial charge is 0.217 e. The van der Waals surface area contributed by atoms with Crippen molar-refractivity contribution in [2.75, 3.05) is 53.5 Å². The van der Waals surface area contributed by atoms with E-state index in [1.165, 1.54) is 74.6 Å². The molecule has 8 fully saturated rings. The van der Waals surface area contributed by atoms with Gasteiger partial charge in [0.15, 0.2) is 33.2 Å². The highest BCUT2D eigenvalue weighted by atomic mass is 32.1. The number of thiocarbonyl (C=S) groups is 2. The minimum absolute atomic E-state index is 0.120. The van der Waals surface area contributed by atoms with Gasteiger partial charge in [0.25, 0.3) is 0 Å². The standard InChI is InChI=1S/C80H94N8O10S2/c1-45(89)81-63-21-17-57-33-69(93-3)73(95-5)75(97-7)71(57)59-19-23-65(67(91)35-61(59)63)83-85-77(99)87(79-37-51-27-52(38-79)29-53(28-51)39-79)43-49-13-9-11-47(25-49)15-16-48-12-10-14-50(26-48)44-88(80-40-54-30-55(41-80)32-56(31-54)42-80)78(100)86-84-66-24-20-60-62(36-68(66)92)64(82-46(2)90)22-18-58-34-70(94-4)74(96-6)76(98-8)72(58)60/h9-14,19-20,23-26,33-36,51-56,63-64H,15-18,21-22,27-32,37-44H2,1-8H3,(H,81,89)(H,82,90)(H,83,91)(H,84,92)(H,85,99)(H,86,100)/t51-,52?,53?,54-,55?,56?,63-,64-,79-,80-/m0/s1. The van der Waals surface area contributed by atoms with Gasteiger partial charge in [-0.3, -0.25) is 40.9 Å². The van der Waals surface area contributed by atoms with Crippen molar-refractivity contribution in [3.63, 3.8) is 0 Å². The van der Waals surface area contributed by atoms with Crippen LogP contribution in [0, 0.1) is 35.5 Å². The molecule has 6 aromatic carbocycles. The molecule has 8 saturated carbocycles. The molecule has 0 radical (unpaired) electrons. The summed E-state index contributed by atoms with van der Waals surface area (Å²) in [5, 5.41) is 7.35. The van der Waals surface area contributed by atoms with Crippen LogP contribution in [0.5, 0.6) is 34.5 Å². The summed E-state index contributed by atoms with van der Waals surface area (Å²) in [5.74, 6) is 6.54. The molecule has 0 heterocycles. The number of nitrogens with one attached hydrogen (secondary N) is 6. The highest BCUT2D eigenvalue weighted by Crippen LogP contribution is 2.60. The number of ether oxygens (including phenoxy) is 6. The summed E-state index contributed by atoms with van der Waals surface area (Å²) in [5.41, 5.74) is 24.5. The summed E-state index contributed by atoms with van der Waals surface area (Å²) in [7, 11) is 9.55. The Bertz CT molecular complexity index is 3990. The van der Waals surface area contributed by atoms with Gasteiger partial charge in [-0.15, -0.1) is 0 Å². The lowest BCUT2D eigenvalue weighted by molar-refractivity contribution is -0.120. The molecular formula is C80H94N8O10S2. The zero-order chi connectivity index (χ0) is 69.7. The van der Waals surface area contributed by atoms with Crippen LogP contribution in [-0.4, -0.2) is 85.6 Å². The fourth-order valence-corrected chi connectivity index (χ4v) is 20.7. The minimum Gasteiger partial charge on any atom is -0.493 e. The number of nitrogens with zero attached hydrogens (tertiary/aromatic N) is 2. The fourth-order valence-electron chi connectivity index (χ4n) is 20.1. The molecule has 0 saturated heterocycles. The number of amides is 2. The first-order valence-electron chi connectivity index (χ1n) is 35.8. The number of rotatable bonds is 21. The second-order valence-electron chi connectivity index (χ2n) is 29.9. The molecule has 2 atom stereocenters. The lowest BCUT2D eigenvalue weighted by atomic mass is 9.52. The van der Waals surface area contributed by atoms with Crippen molar-refractivity contribution >= 4 is 57.8 Å². The molecule has 2 amide bonds. The number of hydrazine groups is 2. The quantitative estimate of drug-likeness (QED) is 0.0293. The first kappa shape index (κ1) is 68.5. The van der Waals surface area contributed by atoms with Crippen LogP contribution in [0.25, 0.3) is 22.3 Å². The second-order valence-corrected chi connectivity index (χ2v) is 30.7. The largest absolute Gasteiger partial charge is 0.493 e. The summed E-state index contributed by atoms with van der Waals surface area (Å²) >= 11 is 13.0. The summed E-state index contributed by atoms with van der Waals surface area (Å²) < 4.78 is 35.3. The highest BCUT2D eigenvalue weighted by Gasteiger charge is 2.56. The molecule has 18 nitrogen and oxygen atoms in total. The van der Waals surface area contributed by atoms with Crippen LogP contribution in [0.15, 0.2) is 107 Å². The summed E-state index contributed by atoms with van der Waals surface area (Å²) in [4.78, 5) is 59.5. The van der Waals surface area contributed by atoms with Crippen molar-refractivity contribution < 1.29 is 38.0 Å². The lowest BCUT2D eigenvalue weighted by Crippen LogP contribution is -2.63. The molecular weight excluding hydrogens is 1300 g/mol. The predicted octanol–water partition coefficient (Wildman–Crippen LogP) is 13.2. The SMILES string of the molecule is COc1cc2c(c(OC)c1OC)-c1ccc(NNC(=S)N(Cc3cccc(CCc4cccc(CN(C(=S)NNc5ccc6c(cc5=O)[C@@H](NC(C)=O)CCc5cc(OC)c(OC)c(OC)c5-6)[C@]56CC7CC(C[C@H](C7)C5)C6)c4)c3)[C@]34CC5CC(C[C@H](C5)C3)C4)c(=O)cc1[C@@H](NC(C)=O)CC2. The van der Waals surface area contributed by atoms with Gasteiger partial charge < -0.3 is 48.9 Å². The molecule has 0 spiro atoms. The highest BCUT2D eigenvalue weighted by molar-refractivity contribution is 7.80. The summed E-state index contributed by atoms with van der Waals surface area (Å²) in [6.07, 6.45) is 18.2. The van der Waals surface area contributed by atoms with Gasteiger partial charge >= 0.3 is 0 Å². The second kappa shape index (κ2) is 28.4. The maximum atomic E-state index is 14.6. The van der Waals surface area contributed by atoms with E-state index in [9.17, 15) is 19.2 Å². The summed E-state index contributed by atoms with van der Waals surface area (Å²) in [6.45, 7) is 4.22. The Morgan fingerprint density at radius 2 is 0.810 bits per heavy atom. The topological polar surface area (TPSA) is 202 Å². The van der Waals surface area contributed by atoms with Crippen LogP contribution in [0.2, 0.25) is 0 Å². The zero-order valence-electron chi connectivity index (χ0n) is 58.8. The normalized spacial score (nSPS) is 24.4. The van der Waals surface area contributed by atoms with Gasteiger partial charge in [0.1, 0.15) is 11.4 Å². The van der Waals surface area contributed by atoms with E-state index < -0.39 is 12.1 Å². The molecule has 6 aromatic rings. The zero-order valence-corrected chi connectivity index (χ0v) is 60.4. The van der Waals surface area contributed by atoms with Crippen LogP contribution in [0.4, 0.5) is 11.4 Å². The van der Waals surface area contributed by atoms with Crippen molar-refractivity contribution in [3.05, 3.63) is 162 Å². The molecule has 6 N–H and O–H groups in total. The van der Waals surface area contributed by atoms with E-state index in [1.807, 2.05) is 24.3 Å². The number of hydrogen-bond acceptors (Lipinski definition) is 14. The predicted molar refractivity (Wildman–Crippen MR) is 397 cm³/mol. The molecule has 0 aromatic heterocycles. The monoisotopic (exact) mass is 1390 g/mol. The Morgan fingerprint density at radius 3 is 1.14 bits per heavy atom. The Kier molecular flexibility index (Phi) is 19.5. The number of aryl methyl sites for hydroxylation is 4. The van der Waals surface area contributed by atoms with E-state index in [4.69, 9.17) is 52.9 Å².